The second-order valence-corrected chi connectivity index (χ2v) is 6.04. The van der Waals surface area contributed by atoms with E-state index in [0.717, 1.165) is 28.5 Å². The lowest BCUT2D eigenvalue weighted by Gasteiger charge is -2.08. The first-order valence-electron chi connectivity index (χ1n) is 7.17. The van der Waals surface area contributed by atoms with E-state index >= 15 is 0 Å². The van der Waals surface area contributed by atoms with Gasteiger partial charge >= 0.3 is 6.03 Å². The number of pyridine rings is 2. The Morgan fingerprint density at radius 3 is 2.95 bits per heavy atom. The summed E-state index contributed by atoms with van der Waals surface area (Å²) < 4.78 is 0. The molecule has 2 N–H and O–H groups in total. The fourth-order valence-corrected chi connectivity index (χ4v) is 2.50. The summed E-state index contributed by atoms with van der Waals surface area (Å²) in [6, 6.07) is 9.31. The summed E-state index contributed by atoms with van der Waals surface area (Å²) in [6.45, 7) is 4.43. The fraction of sp³-hybridized carbons (Fsp3) is 0.312. The van der Waals surface area contributed by atoms with Crippen LogP contribution in [0.3, 0.4) is 0 Å². The number of carbonyl (C=O) groups is 1. The predicted molar refractivity (Wildman–Crippen MR) is 90.9 cm³/mol. The van der Waals surface area contributed by atoms with Crippen LogP contribution in [0.5, 0.6) is 0 Å². The van der Waals surface area contributed by atoms with Crippen molar-refractivity contribution in [2.24, 2.45) is 0 Å². The lowest BCUT2D eigenvalue weighted by molar-refractivity contribution is 0.251. The molecule has 0 radical (unpaired) electrons. The number of nitrogens with zero attached hydrogens (tertiary/aromatic N) is 2. The minimum atomic E-state index is -0.281. The van der Waals surface area contributed by atoms with Crippen LogP contribution in [0.4, 0.5) is 10.6 Å². The van der Waals surface area contributed by atoms with Gasteiger partial charge in [-0.2, -0.15) is 11.8 Å². The highest BCUT2D eigenvalue weighted by molar-refractivity contribution is 7.98. The van der Waals surface area contributed by atoms with Crippen molar-refractivity contribution >= 4 is 23.6 Å². The number of thioether (sulfide) groups is 1. The van der Waals surface area contributed by atoms with Crippen LogP contribution in [0, 0.1) is 6.92 Å². The summed E-state index contributed by atoms with van der Waals surface area (Å²) in [5, 5.41) is 5.52. The van der Waals surface area contributed by atoms with Gasteiger partial charge in [0.2, 0.25) is 0 Å². The minimum Gasteiger partial charge on any atom is -0.332 e. The molecule has 0 aromatic carbocycles. The number of hydrogen-bond acceptors (Lipinski definition) is 4. The molecule has 0 aliphatic rings. The highest BCUT2D eigenvalue weighted by Gasteiger charge is 2.04. The fourth-order valence-electron chi connectivity index (χ4n) is 1.88. The molecule has 0 saturated carbocycles. The third-order valence-corrected chi connectivity index (χ3v) is 3.86. The molecule has 0 spiro atoms. The van der Waals surface area contributed by atoms with E-state index in [-0.39, 0.29) is 6.03 Å². The SMILES string of the molecule is CCSCc1ccnc(NC(=O)NCc2cccc(C)n2)c1. The summed E-state index contributed by atoms with van der Waals surface area (Å²) in [4.78, 5) is 20.4. The van der Waals surface area contributed by atoms with Gasteiger partial charge in [-0.3, -0.25) is 10.3 Å². The van der Waals surface area contributed by atoms with Crippen LogP contribution in [0.2, 0.25) is 0 Å². The smallest absolute Gasteiger partial charge is 0.320 e. The van der Waals surface area contributed by atoms with E-state index in [1.54, 1.807) is 6.20 Å². The molecule has 0 atom stereocenters. The summed E-state index contributed by atoms with van der Waals surface area (Å²) in [6.07, 6.45) is 1.71. The van der Waals surface area contributed by atoms with Crippen LogP contribution in [-0.2, 0) is 12.3 Å². The molecule has 5 nitrogen and oxygen atoms in total. The Kier molecular flexibility index (Phi) is 6.21. The first-order valence-corrected chi connectivity index (χ1v) is 8.33. The number of aryl methyl sites for hydroxylation is 1. The standard InChI is InChI=1S/C16H20N4OS/c1-3-22-11-13-7-8-17-15(9-13)20-16(21)18-10-14-6-4-5-12(2)19-14/h4-9H,3,10-11H2,1-2H3,(H2,17,18,20,21). The second kappa shape index (κ2) is 8.38. The molecule has 2 amide bonds. The quantitative estimate of drug-likeness (QED) is 0.857. The summed E-state index contributed by atoms with van der Waals surface area (Å²) >= 11 is 1.83. The molecule has 6 heteroatoms. The Hall–Kier alpha value is -2.08. The van der Waals surface area contributed by atoms with E-state index in [9.17, 15) is 4.79 Å². The van der Waals surface area contributed by atoms with Gasteiger partial charge in [-0.25, -0.2) is 9.78 Å². The largest absolute Gasteiger partial charge is 0.332 e. The van der Waals surface area contributed by atoms with Crippen molar-refractivity contribution in [3.8, 4) is 0 Å². The first-order chi connectivity index (χ1) is 10.7. The van der Waals surface area contributed by atoms with E-state index in [4.69, 9.17) is 0 Å². The van der Waals surface area contributed by atoms with Crippen LogP contribution < -0.4 is 10.6 Å². The zero-order valence-electron chi connectivity index (χ0n) is 12.8. The molecule has 0 aliphatic carbocycles. The van der Waals surface area contributed by atoms with Gasteiger partial charge in [0.1, 0.15) is 5.82 Å². The van der Waals surface area contributed by atoms with E-state index in [0.29, 0.717) is 12.4 Å². The van der Waals surface area contributed by atoms with Crippen molar-refractivity contribution < 1.29 is 4.79 Å². The molecule has 2 heterocycles. The van der Waals surface area contributed by atoms with Crippen LogP contribution >= 0.6 is 11.8 Å². The molecular weight excluding hydrogens is 296 g/mol. The number of rotatable bonds is 6. The number of anilines is 1. The van der Waals surface area contributed by atoms with Crippen LogP contribution in [-0.4, -0.2) is 21.8 Å². The Labute approximate surface area is 135 Å². The maximum Gasteiger partial charge on any atom is 0.320 e. The van der Waals surface area contributed by atoms with Gasteiger partial charge in [0, 0.05) is 17.6 Å². The Balaban J connectivity index is 1.86. The number of amides is 2. The molecule has 116 valence electrons. The van der Waals surface area contributed by atoms with Crippen LogP contribution in [0.25, 0.3) is 0 Å². The maximum absolute atomic E-state index is 11.9. The van der Waals surface area contributed by atoms with Gasteiger partial charge in [0.25, 0.3) is 0 Å². The molecule has 22 heavy (non-hydrogen) atoms. The summed E-state index contributed by atoms with van der Waals surface area (Å²) in [5.74, 6) is 2.54. The number of aromatic nitrogens is 2. The highest BCUT2D eigenvalue weighted by Crippen LogP contribution is 2.14. The van der Waals surface area contributed by atoms with E-state index < -0.39 is 0 Å². The van der Waals surface area contributed by atoms with E-state index in [2.05, 4.69) is 27.5 Å². The monoisotopic (exact) mass is 316 g/mol. The zero-order chi connectivity index (χ0) is 15.8. The molecule has 0 bridgehead atoms. The van der Waals surface area contributed by atoms with Gasteiger partial charge in [-0.05, 0) is 42.5 Å². The van der Waals surface area contributed by atoms with E-state index in [1.165, 1.54) is 0 Å². The van der Waals surface area contributed by atoms with Crippen molar-refractivity contribution in [3.05, 3.63) is 53.5 Å². The molecule has 0 unspecified atom stereocenters. The van der Waals surface area contributed by atoms with Crippen molar-refractivity contribution in [1.82, 2.24) is 15.3 Å². The van der Waals surface area contributed by atoms with E-state index in [1.807, 2.05) is 49.0 Å². The van der Waals surface area contributed by atoms with Crippen molar-refractivity contribution in [2.45, 2.75) is 26.1 Å². The van der Waals surface area contributed by atoms with Gasteiger partial charge in [-0.15, -0.1) is 0 Å². The van der Waals surface area contributed by atoms with Gasteiger partial charge in [0.05, 0.1) is 12.2 Å². The average Bonchev–Trinajstić information content (AvgIpc) is 2.51. The molecule has 0 aliphatic heterocycles. The Bertz CT molecular complexity index is 633. The first kappa shape index (κ1) is 16.3. The Morgan fingerprint density at radius 2 is 2.18 bits per heavy atom. The van der Waals surface area contributed by atoms with Gasteiger partial charge in [0.15, 0.2) is 0 Å². The number of nitrogens with one attached hydrogen (secondary N) is 2. The number of hydrogen-bond donors (Lipinski definition) is 2. The number of urea groups is 1. The molecule has 2 aromatic rings. The average molecular weight is 316 g/mol. The minimum absolute atomic E-state index is 0.281. The van der Waals surface area contributed by atoms with Crippen LogP contribution in [0.1, 0.15) is 23.9 Å². The third kappa shape index (κ3) is 5.37. The highest BCUT2D eigenvalue weighted by atomic mass is 32.2. The lowest BCUT2D eigenvalue weighted by atomic mass is 10.3. The lowest BCUT2D eigenvalue weighted by Crippen LogP contribution is -2.29. The van der Waals surface area contributed by atoms with Crippen molar-refractivity contribution in [1.29, 1.82) is 0 Å². The second-order valence-electron chi connectivity index (χ2n) is 4.76. The third-order valence-electron chi connectivity index (χ3n) is 2.91. The topological polar surface area (TPSA) is 66.9 Å². The molecule has 2 aromatic heterocycles. The van der Waals surface area contributed by atoms with Crippen molar-refractivity contribution in [3.63, 3.8) is 0 Å². The molecule has 2 rings (SSSR count). The summed E-state index contributed by atoms with van der Waals surface area (Å²) in [7, 11) is 0. The van der Waals surface area contributed by atoms with Gasteiger partial charge < -0.3 is 5.32 Å². The van der Waals surface area contributed by atoms with Gasteiger partial charge in [-0.1, -0.05) is 13.0 Å². The summed E-state index contributed by atoms with van der Waals surface area (Å²) in [5.41, 5.74) is 2.91. The zero-order valence-corrected chi connectivity index (χ0v) is 13.6. The Morgan fingerprint density at radius 1 is 1.32 bits per heavy atom. The van der Waals surface area contributed by atoms with Crippen molar-refractivity contribution in [2.75, 3.05) is 11.1 Å². The van der Waals surface area contributed by atoms with Crippen LogP contribution in [0.15, 0.2) is 36.5 Å². The molecular formula is C16H20N4OS. The molecule has 0 saturated heterocycles. The normalized spacial score (nSPS) is 10.3. The maximum atomic E-state index is 11.9. The predicted octanol–water partition coefficient (Wildman–Crippen LogP) is 3.36. The molecule has 0 fully saturated rings. The number of carbonyl (C=O) groups excluding carboxylic acids is 1.